The number of carbonyl (C=O) groups excluding carboxylic acids is 2. The molecule has 156 valence electrons. The molecule has 0 saturated carbocycles. The maximum atomic E-state index is 12.4. The first kappa shape index (κ1) is 20.8. The molecule has 0 bridgehead atoms. The lowest BCUT2D eigenvalue weighted by molar-refractivity contribution is -0.128. The molecule has 7 heteroatoms. The van der Waals surface area contributed by atoms with Crippen LogP contribution >= 0.6 is 11.8 Å². The molecule has 0 unspecified atom stereocenters. The Hall–Kier alpha value is -3.45. The van der Waals surface area contributed by atoms with E-state index in [1.165, 1.54) is 5.56 Å². The lowest BCUT2D eigenvalue weighted by Crippen LogP contribution is -2.30. The Kier molecular flexibility index (Phi) is 6.74. The van der Waals surface area contributed by atoms with Gasteiger partial charge in [0.1, 0.15) is 5.37 Å². The molecule has 3 aromatic rings. The monoisotopic (exact) mass is 430 g/mol. The maximum Gasteiger partial charge on any atom is 0.271 e. The molecule has 1 N–H and O–H groups in total. The van der Waals surface area contributed by atoms with Crippen LogP contribution in [0.1, 0.15) is 32.4 Å². The number of nitrogens with one attached hydrogen (secondary N) is 1. The summed E-state index contributed by atoms with van der Waals surface area (Å²) in [6.07, 6.45) is 5.70. The van der Waals surface area contributed by atoms with Crippen LogP contribution in [0.5, 0.6) is 0 Å². The molecule has 1 aliphatic heterocycles. The maximum absolute atomic E-state index is 12.4. The first-order valence-electron chi connectivity index (χ1n) is 9.99. The molecule has 1 aromatic heterocycles. The molecule has 2 aromatic carbocycles. The summed E-state index contributed by atoms with van der Waals surface area (Å²) >= 11 is 1.62. The molecule has 0 radical (unpaired) electrons. The number of hydrogen-bond donors (Lipinski definition) is 1. The third kappa shape index (κ3) is 5.38. The van der Waals surface area contributed by atoms with Gasteiger partial charge in [0.05, 0.1) is 12.0 Å². The van der Waals surface area contributed by atoms with Gasteiger partial charge in [-0.1, -0.05) is 48.5 Å². The van der Waals surface area contributed by atoms with E-state index >= 15 is 0 Å². The molecule has 31 heavy (non-hydrogen) atoms. The average Bonchev–Trinajstić information content (AvgIpc) is 3.19. The van der Waals surface area contributed by atoms with Crippen molar-refractivity contribution in [1.29, 1.82) is 0 Å². The van der Waals surface area contributed by atoms with Crippen LogP contribution < -0.4 is 5.43 Å². The van der Waals surface area contributed by atoms with Crippen LogP contribution in [0.3, 0.4) is 0 Å². The third-order valence-corrected chi connectivity index (χ3v) is 6.23. The van der Waals surface area contributed by atoms with Crippen molar-refractivity contribution in [3.63, 3.8) is 0 Å². The lowest BCUT2D eigenvalue weighted by Gasteiger charge is -2.24. The largest absolute Gasteiger partial charge is 0.326 e. The highest BCUT2D eigenvalue weighted by Gasteiger charge is 2.32. The summed E-state index contributed by atoms with van der Waals surface area (Å²) in [5.41, 5.74) is 6.06. The molecule has 0 spiro atoms. The number of carbonyl (C=O) groups is 2. The van der Waals surface area contributed by atoms with Crippen LogP contribution in [0, 0.1) is 0 Å². The molecular formula is C24H22N4O2S. The SMILES string of the molecule is O=C(N/N=C\c1cccnc1)c1ccc([C@@H]2SCC(=O)N2CCc2ccccc2)cc1. The number of thioether (sulfide) groups is 1. The number of hydrogen-bond acceptors (Lipinski definition) is 5. The number of hydrazone groups is 1. The van der Waals surface area contributed by atoms with Gasteiger partial charge in [0, 0.05) is 30.1 Å². The molecule has 1 saturated heterocycles. The molecule has 0 aliphatic carbocycles. The summed E-state index contributed by atoms with van der Waals surface area (Å²) in [7, 11) is 0. The number of rotatable bonds is 7. The van der Waals surface area contributed by atoms with Crippen molar-refractivity contribution >= 4 is 29.8 Å². The molecule has 2 heterocycles. The number of benzene rings is 2. The van der Waals surface area contributed by atoms with Crippen LogP contribution in [0.4, 0.5) is 0 Å². The summed E-state index contributed by atoms with van der Waals surface area (Å²) in [6.45, 7) is 0.672. The van der Waals surface area contributed by atoms with Gasteiger partial charge in [-0.3, -0.25) is 14.6 Å². The Morgan fingerprint density at radius 3 is 2.68 bits per heavy atom. The summed E-state index contributed by atoms with van der Waals surface area (Å²) in [5.74, 6) is 0.338. The second-order valence-corrected chi connectivity index (χ2v) is 8.16. The van der Waals surface area contributed by atoms with Crippen LogP contribution in [0.15, 0.2) is 84.2 Å². The van der Waals surface area contributed by atoms with E-state index in [2.05, 4.69) is 27.6 Å². The quantitative estimate of drug-likeness (QED) is 0.459. The van der Waals surface area contributed by atoms with E-state index in [0.29, 0.717) is 17.9 Å². The Morgan fingerprint density at radius 1 is 1.13 bits per heavy atom. The number of nitrogens with zero attached hydrogens (tertiary/aromatic N) is 3. The summed E-state index contributed by atoms with van der Waals surface area (Å²) in [6, 6.07) is 21.2. The fraction of sp³-hybridized carbons (Fsp3) is 0.167. The Bertz CT molecular complexity index is 1060. The zero-order valence-electron chi connectivity index (χ0n) is 16.8. The van der Waals surface area contributed by atoms with Gasteiger partial charge in [-0.15, -0.1) is 11.8 Å². The fourth-order valence-corrected chi connectivity index (χ4v) is 4.57. The minimum atomic E-state index is -0.289. The zero-order valence-corrected chi connectivity index (χ0v) is 17.7. The van der Waals surface area contributed by atoms with E-state index in [9.17, 15) is 9.59 Å². The van der Waals surface area contributed by atoms with Crippen LogP contribution in [0.25, 0.3) is 0 Å². The van der Waals surface area contributed by atoms with E-state index in [4.69, 9.17) is 0 Å². The molecule has 2 amide bonds. The zero-order chi connectivity index (χ0) is 21.5. The van der Waals surface area contributed by atoms with Crippen LogP contribution in [0.2, 0.25) is 0 Å². The van der Waals surface area contributed by atoms with Gasteiger partial charge in [-0.05, 0) is 35.7 Å². The fourth-order valence-electron chi connectivity index (χ4n) is 3.35. The van der Waals surface area contributed by atoms with Crippen molar-refractivity contribution in [3.8, 4) is 0 Å². The van der Waals surface area contributed by atoms with E-state index < -0.39 is 0 Å². The lowest BCUT2D eigenvalue weighted by atomic mass is 10.1. The summed E-state index contributed by atoms with van der Waals surface area (Å²) in [4.78, 5) is 30.7. The van der Waals surface area contributed by atoms with Crippen molar-refractivity contribution in [3.05, 3.63) is 101 Å². The van der Waals surface area contributed by atoms with Gasteiger partial charge in [0.15, 0.2) is 0 Å². The van der Waals surface area contributed by atoms with Crippen LogP contribution in [-0.4, -0.2) is 40.2 Å². The van der Waals surface area contributed by atoms with Crippen molar-refractivity contribution in [1.82, 2.24) is 15.3 Å². The van der Waals surface area contributed by atoms with Gasteiger partial charge < -0.3 is 4.90 Å². The highest BCUT2D eigenvalue weighted by molar-refractivity contribution is 8.00. The van der Waals surface area contributed by atoms with Crippen molar-refractivity contribution in [2.75, 3.05) is 12.3 Å². The molecule has 4 rings (SSSR count). The number of amides is 2. The smallest absolute Gasteiger partial charge is 0.271 e. The normalized spacial score (nSPS) is 16.1. The Balaban J connectivity index is 1.37. The van der Waals surface area contributed by atoms with Crippen molar-refractivity contribution < 1.29 is 9.59 Å². The highest BCUT2D eigenvalue weighted by atomic mass is 32.2. The van der Waals surface area contributed by atoms with E-state index in [1.807, 2.05) is 41.3 Å². The highest BCUT2D eigenvalue weighted by Crippen LogP contribution is 2.38. The van der Waals surface area contributed by atoms with Gasteiger partial charge >= 0.3 is 0 Å². The van der Waals surface area contributed by atoms with Crippen molar-refractivity contribution in [2.24, 2.45) is 5.10 Å². The van der Waals surface area contributed by atoms with Gasteiger partial charge in [0.2, 0.25) is 5.91 Å². The van der Waals surface area contributed by atoms with Crippen LogP contribution in [-0.2, 0) is 11.2 Å². The topological polar surface area (TPSA) is 74.7 Å². The second-order valence-electron chi connectivity index (χ2n) is 7.09. The summed E-state index contributed by atoms with van der Waals surface area (Å²) in [5, 5.41) is 3.94. The predicted octanol–water partition coefficient (Wildman–Crippen LogP) is 3.66. The predicted molar refractivity (Wildman–Crippen MR) is 123 cm³/mol. The molecular weight excluding hydrogens is 408 g/mol. The standard InChI is InChI=1S/C24H22N4O2S/c29-22-17-31-24(28(22)14-12-18-5-2-1-3-6-18)21-10-8-20(9-11-21)23(30)27-26-16-19-7-4-13-25-15-19/h1-11,13,15-16,24H,12,14,17H2,(H,27,30)/b26-16-/t24-/m0/s1. The Labute approximate surface area is 185 Å². The summed E-state index contributed by atoms with van der Waals surface area (Å²) < 4.78 is 0. The first-order chi connectivity index (χ1) is 15.2. The molecule has 1 atom stereocenters. The van der Waals surface area contributed by atoms with Gasteiger partial charge in [0.25, 0.3) is 5.91 Å². The van der Waals surface area contributed by atoms with E-state index in [0.717, 1.165) is 17.5 Å². The Morgan fingerprint density at radius 2 is 1.94 bits per heavy atom. The third-order valence-electron chi connectivity index (χ3n) is 4.97. The van der Waals surface area contributed by atoms with E-state index in [1.54, 1.807) is 48.6 Å². The van der Waals surface area contributed by atoms with Gasteiger partial charge in [-0.25, -0.2) is 5.43 Å². The number of aromatic nitrogens is 1. The minimum absolute atomic E-state index is 0.0306. The molecule has 1 fully saturated rings. The second kappa shape index (κ2) is 10.0. The van der Waals surface area contributed by atoms with Crippen molar-refractivity contribution in [2.45, 2.75) is 11.8 Å². The minimum Gasteiger partial charge on any atom is -0.326 e. The molecule has 1 aliphatic rings. The van der Waals surface area contributed by atoms with E-state index in [-0.39, 0.29) is 17.2 Å². The first-order valence-corrected chi connectivity index (χ1v) is 11.0. The van der Waals surface area contributed by atoms with Gasteiger partial charge in [-0.2, -0.15) is 5.10 Å². The number of pyridine rings is 1. The average molecular weight is 431 g/mol. The molecule has 6 nitrogen and oxygen atoms in total.